The molecule has 0 aliphatic heterocycles. The van der Waals surface area contributed by atoms with E-state index in [0.29, 0.717) is 0 Å². The number of aromatic nitrogens is 4. The zero-order chi connectivity index (χ0) is 19.2. The molecule has 2 aromatic heterocycles. The molecule has 0 saturated carbocycles. The minimum atomic E-state index is 0.0103. The number of imidazole rings is 1. The van der Waals surface area contributed by atoms with Gasteiger partial charge in [0.05, 0.1) is 16.6 Å². The number of hydrogen-bond donors (Lipinski definition) is 2. The Morgan fingerprint density at radius 3 is 2.18 bits per heavy atom. The number of benzene rings is 2. The third kappa shape index (κ3) is 4.46. The highest BCUT2D eigenvalue weighted by Gasteiger charge is 2.18. The lowest BCUT2D eigenvalue weighted by Gasteiger charge is -2.06. The topological polar surface area (TPSA) is 54.5 Å². The molecule has 4 aromatic rings. The molecule has 4 nitrogen and oxygen atoms in total. The third-order valence-electron chi connectivity index (χ3n) is 4.31. The van der Waals surface area contributed by atoms with Gasteiger partial charge in [0.1, 0.15) is 5.82 Å². The molecule has 6 heteroatoms. The summed E-state index contributed by atoms with van der Waals surface area (Å²) in [4.78, 5) is 16.9. The zero-order valence-electron chi connectivity index (χ0n) is 15.2. The van der Waals surface area contributed by atoms with E-state index < -0.39 is 0 Å². The van der Waals surface area contributed by atoms with Crippen LogP contribution in [0.4, 0.5) is 0 Å². The van der Waals surface area contributed by atoms with E-state index in [2.05, 4.69) is 39.2 Å². The molecule has 2 heterocycles. The minimum Gasteiger partial charge on any atom is -0.341 e. The predicted molar refractivity (Wildman–Crippen MR) is 119 cm³/mol. The highest BCUT2D eigenvalue weighted by atomic mass is 32.2. The van der Waals surface area contributed by atoms with Crippen LogP contribution in [0.1, 0.15) is 17.5 Å². The molecule has 1 unspecified atom stereocenters. The fourth-order valence-corrected chi connectivity index (χ4v) is 4.16. The van der Waals surface area contributed by atoms with Crippen molar-refractivity contribution in [3.63, 3.8) is 0 Å². The van der Waals surface area contributed by atoms with Crippen LogP contribution in [0, 0.1) is 0 Å². The van der Waals surface area contributed by atoms with Crippen molar-refractivity contribution < 1.29 is 0 Å². The lowest BCUT2D eigenvalue weighted by atomic mass is 10.1. The Hall–Kier alpha value is -2.57. The Labute approximate surface area is 174 Å². The molecule has 4 rings (SSSR count). The monoisotopic (exact) mass is 404 g/mol. The largest absolute Gasteiger partial charge is 0.341 e. The summed E-state index contributed by atoms with van der Waals surface area (Å²) in [5, 5.41) is 0.800. The fourth-order valence-electron chi connectivity index (χ4n) is 2.93. The molecular formula is C22H20N4S2. The van der Waals surface area contributed by atoms with E-state index in [4.69, 9.17) is 17.6 Å². The number of hydrogen-bond acceptors (Lipinski definition) is 5. The van der Waals surface area contributed by atoms with Crippen molar-refractivity contribution in [1.29, 1.82) is 0 Å². The molecule has 0 aliphatic rings. The van der Waals surface area contributed by atoms with Crippen LogP contribution in [-0.4, -0.2) is 25.7 Å². The van der Waals surface area contributed by atoms with Gasteiger partial charge in [-0.2, -0.15) is 12.6 Å². The van der Waals surface area contributed by atoms with Gasteiger partial charge in [-0.25, -0.2) is 15.0 Å². The van der Waals surface area contributed by atoms with E-state index in [1.165, 1.54) is 0 Å². The van der Waals surface area contributed by atoms with Gasteiger partial charge in [0.25, 0.3) is 0 Å². The molecule has 0 spiro atoms. The highest BCUT2D eigenvalue weighted by molar-refractivity contribution is 7.99. The lowest BCUT2D eigenvalue weighted by molar-refractivity contribution is 0.845. The summed E-state index contributed by atoms with van der Waals surface area (Å²) in [6.45, 7) is 0. The van der Waals surface area contributed by atoms with Crippen LogP contribution in [0.5, 0.6) is 0 Å². The SMILES string of the molecule is SC(CCSc1ncccn1)c1nc(-c2ccccc2)c(-c2ccccc2)[nH]1. The number of thiol groups is 1. The minimum absolute atomic E-state index is 0.0103. The van der Waals surface area contributed by atoms with Crippen molar-refractivity contribution in [2.24, 2.45) is 0 Å². The molecule has 0 amide bonds. The highest BCUT2D eigenvalue weighted by Crippen LogP contribution is 2.34. The molecule has 0 saturated heterocycles. The predicted octanol–water partition coefficient (Wildman–Crippen LogP) is 5.69. The fraction of sp³-hybridized carbons (Fsp3) is 0.136. The van der Waals surface area contributed by atoms with E-state index in [9.17, 15) is 0 Å². The van der Waals surface area contributed by atoms with Gasteiger partial charge in [-0.3, -0.25) is 0 Å². The summed E-state index contributed by atoms with van der Waals surface area (Å²) in [6.07, 6.45) is 4.39. The first-order valence-corrected chi connectivity index (χ1v) is 10.6. The molecule has 1 N–H and O–H groups in total. The van der Waals surface area contributed by atoms with Crippen LogP contribution in [0.15, 0.2) is 84.3 Å². The van der Waals surface area contributed by atoms with Crippen molar-refractivity contribution in [3.8, 4) is 22.5 Å². The van der Waals surface area contributed by atoms with E-state index in [1.807, 2.05) is 42.5 Å². The number of nitrogens with one attached hydrogen (secondary N) is 1. The van der Waals surface area contributed by atoms with Crippen molar-refractivity contribution >= 4 is 24.4 Å². The average molecular weight is 405 g/mol. The molecule has 1 atom stereocenters. The van der Waals surface area contributed by atoms with Crippen molar-refractivity contribution in [1.82, 2.24) is 19.9 Å². The second-order valence-corrected chi connectivity index (χ2v) is 7.95. The Bertz CT molecular complexity index is 948. The Morgan fingerprint density at radius 2 is 1.50 bits per heavy atom. The van der Waals surface area contributed by atoms with Gasteiger partial charge in [-0.15, -0.1) is 0 Å². The van der Waals surface area contributed by atoms with Gasteiger partial charge < -0.3 is 4.98 Å². The Morgan fingerprint density at radius 1 is 0.857 bits per heavy atom. The van der Waals surface area contributed by atoms with Crippen molar-refractivity contribution in [3.05, 3.63) is 84.9 Å². The molecule has 28 heavy (non-hydrogen) atoms. The van der Waals surface area contributed by atoms with Crippen LogP contribution in [-0.2, 0) is 0 Å². The number of aromatic amines is 1. The summed E-state index contributed by atoms with van der Waals surface area (Å²) < 4.78 is 0. The molecular weight excluding hydrogens is 384 g/mol. The van der Waals surface area contributed by atoms with Crippen LogP contribution < -0.4 is 0 Å². The van der Waals surface area contributed by atoms with Gasteiger partial charge in [0.15, 0.2) is 5.16 Å². The summed E-state index contributed by atoms with van der Waals surface area (Å²) in [7, 11) is 0. The standard InChI is InChI=1S/C22H20N4S2/c27-18(12-15-28-22-23-13-7-14-24-22)21-25-19(16-8-3-1-4-9-16)20(26-21)17-10-5-2-6-11-17/h1-11,13-14,18,27H,12,15H2,(H,25,26). The number of nitrogens with zero attached hydrogens (tertiary/aromatic N) is 3. The van der Waals surface area contributed by atoms with Crippen molar-refractivity contribution in [2.45, 2.75) is 16.8 Å². The maximum absolute atomic E-state index is 4.91. The maximum Gasteiger partial charge on any atom is 0.187 e. The third-order valence-corrected chi connectivity index (χ3v) is 5.72. The quantitative estimate of drug-likeness (QED) is 0.236. The Balaban J connectivity index is 1.56. The molecule has 140 valence electrons. The van der Waals surface area contributed by atoms with E-state index in [0.717, 1.165) is 45.7 Å². The summed E-state index contributed by atoms with van der Waals surface area (Å²) in [6, 6.07) is 22.4. The van der Waals surface area contributed by atoms with Crippen LogP contribution in [0.25, 0.3) is 22.5 Å². The van der Waals surface area contributed by atoms with Crippen LogP contribution in [0.3, 0.4) is 0 Å². The molecule has 0 aliphatic carbocycles. The van der Waals surface area contributed by atoms with E-state index in [-0.39, 0.29) is 5.25 Å². The average Bonchev–Trinajstić information content (AvgIpc) is 3.21. The molecule has 0 radical (unpaired) electrons. The van der Waals surface area contributed by atoms with Crippen LogP contribution in [0.2, 0.25) is 0 Å². The zero-order valence-corrected chi connectivity index (χ0v) is 16.9. The first-order chi connectivity index (χ1) is 13.8. The normalized spacial score (nSPS) is 12.0. The van der Waals surface area contributed by atoms with E-state index in [1.54, 1.807) is 24.2 Å². The van der Waals surface area contributed by atoms with Gasteiger partial charge in [0.2, 0.25) is 0 Å². The maximum atomic E-state index is 4.91. The number of H-pyrrole nitrogens is 1. The molecule has 2 aromatic carbocycles. The first kappa shape index (κ1) is 18.8. The summed E-state index contributed by atoms with van der Waals surface area (Å²) >= 11 is 6.44. The second kappa shape index (κ2) is 9.08. The second-order valence-electron chi connectivity index (χ2n) is 6.26. The van der Waals surface area contributed by atoms with E-state index >= 15 is 0 Å². The van der Waals surface area contributed by atoms with Gasteiger partial charge >= 0.3 is 0 Å². The Kier molecular flexibility index (Phi) is 6.09. The van der Waals surface area contributed by atoms with Crippen molar-refractivity contribution in [2.75, 3.05) is 5.75 Å². The lowest BCUT2D eigenvalue weighted by Crippen LogP contribution is -1.96. The van der Waals surface area contributed by atoms with Gasteiger partial charge in [-0.05, 0) is 12.5 Å². The number of thioether (sulfide) groups is 1. The molecule has 0 fully saturated rings. The van der Waals surface area contributed by atoms with Crippen LogP contribution >= 0.6 is 24.4 Å². The summed E-state index contributed by atoms with van der Waals surface area (Å²) in [5.41, 5.74) is 4.20. The van der Waals surface area contributed by atoms with Gasteiger partial charge in [-0.1, -0.05) is 72.4 Å². The summed E-state index contributed by atoms with van der Waals surface area (Å²) in [5.74, 6) is 1.76. The molecule has 0 bridgehead atoms. The van der Waals surface area contributed by atoms with Gasteiger partial charge in [0, 0.05) is 29.3 Å². The number of rotatable bonds is 7. The smallest absolute Gasteiger partial charge is 0.187 e. The first-order valence-electron chi connectivity index (χ1n) is 9.10.